The van der Waals surface area contributed by atoms with Crippen molar-refractivity contribution in [2.75, 3.05) is 25.7 Å². The minimum Gasteiger partial charge on any atom is -0.495 e. The molecule has 1 saturated heterocycles. The van der Waals surface area contributed by atoms with Crippen LogP contribution in [0.25, 0.3) is 0 Å². The molecule has 0 spiro atoms. The summed E-state index contributed by atoms with van der Waals surface area (Å²) < 4.78 is 33.4. The molecule has 1 aliphatic heterocycles. The van der Waals surface area contributed by atoms with E-state index in [4.69, 9.17) is 4.74 Å². The van der Waals surface area contributed by atoms with E-state index in [1.807, 2.05) is 37.3 Å². The van der Waals surface area contributed by atoms with E-state index >= 15 is 0 Å². The molecule has 156 valence electrons. The number of hydrogen-bond acceptors (Lipinski definition) is 5. The van der Waals surface area contributed by atoms with Crippen molar-refractivity contribution in [2.45, 2.75) is 37.1 Å². The molecule has 1 atom stereocenters. The van der Waals surface area contributed by atoms with E-state index < -0.39 is 15.9 Å². The summed E-state index contributed by atoms with van der Waals surface area (Å²) in [5.74, 6) is -0.169. The smallest absolute Gasteiger partial charge is 0.269 e. The summed E-state index contributed by atoms with van der Waals surface area (Å²) in [5, 5.41) is 1.59. The minimum absolute atomic E-state index is 0.0174. The van der Waals surface area contributed by atoms with Crippen LogP contribution in [0.4, 0.5) is 5.69 Å². The fourth-order valence-corrected chi connectivity index (χ4v) is 5.39. The highest BCUT2D eigenvalue weighted by Gasteiger charge is 2.33. The van der Waals surface area contributed by atoms with E-state index in [0.29, 0.717) is 6.54 Å². The Balaban J connectivity index is 1.89. The lowest BCUT2D eigenvalue weighted by atomic mass is 10.1. The number of nitrogens with zero attached hydrogens (tertiary/aromatic N) is 2. The third-order valence-corrected chi connectivity index (χ3v) is 7.20. The predicted molar refractivity (Wildman–Crippen MR) is 113 cm³/mol. The van der Waals surface area contributed by atoms with E-state index in [1.54, 1.807) is 18.1 Å². The molecule has 8 heteroatoms. The molecule has 0 bridgehead atoms. The number of carbonyl (C=O) groups is 1. The van der Waals surface area contributed by atoms with Gasteiger partial charge >= 0.3 is 0 Å². The van der Waals surface area contributed by atoms with Crippen molar-refractivity contribution in [3.05, 3.63) is 54.1 Å². The molecule has 2 aromatic rings. The third-order valence-electron chi connectivity index (χ3n) is 5.17. The van der Waals surface area contributed by atoms with Crippen LogP contribution in [0.5, 0.6) is 5.75 Å². The molecule has 29 heavy (non-hydrogen) atoms. The summed E-state index contributed by atoms with van der Waals surface area (Å²) in [6.45, 7) is 2.38. The fraction of sp³-hybridized carbons (Fsp3) is 0.381. The Kier molecular flexibility index (Phi) is 6.44. The number of benzene rings is 2. The lowest BCUT2D eigenvalue weighted by Gasteiger charge is -2.32. The maximum absolute atomic E-state index is 13.3. The number of rotatable bonds is 6. The monoisotopic (exact) mass is 417 g/mol. The fourth-order valence-electron chi connectivity index (χ4n) is 3.51. The Morgan fingerprint density at radius 1 is 1.17 bits per heavy atom. The minimum atomic E-state index is -3.78. The number of ether oxygens (including phenoxy) is 1. The lowest BCUT2D eigenvalue weighted by Crippen LogP contribution is -2.42. The van der Waals surface area contributed by atoms with Crippen molar-refractivity contribution in [3.8, 4) is 5.75 Å². The van der Waals surface area contributed by atoms with Gasteiger partial charge in [-0.1, -0.05) is 24.6 Å². The highest BCUT2D eigenvalue weighted by Crippen LogP contribution is 2.31. The Labute approximate surface area is 172 Å². The number of carbonyl (C=O) groups excluding carboxylic acids is 1. The highest BCUT2D eigenvalue weighted by atomic mass is 32.2. The standard InChI is InChI=1S/C21H27N3O4S/c1-16-9-7-8-14-24(16)29(26,27)20-15-17(12-13-19(20)28-3)21(25)22-23(2)18-10-5-4-6-11-18/h4-6,10-13,15-16H,7-9,14H2,1-3H3,(H,22,25)/t16-/m0/s1. The van der Waals surface area contributed by atoms with E-state index in [1.165, 1.54) is 23.5 Å². The van der Waals surface area contributed by atoms with Gasteiger partial charge in [-0.25, -0.2) is 8.42 Å². The second-order valence-electron chi connectivity index (χ2n) is 7.16. The van der Waals surface area contributed by atoms with E-state index in [-0.39, 0.29) is 22.3 Å². The maximum Gasteiger partial charge on any atom is 0.269 e. The van der Waals surface area contributed by atoms with Crippen LogP contribution in [-0.2, 0) is 10.0 Å². The first kappa shape index (κ1) is 21.1. The first-order valence-corrected chi connectivity index (χ1v) is 11.1. The summed E-state index contributed by atoms with van der Waals surface area (Å²) in [4.78, 5) is 12.8. The zero-order valence-corrected chi connectivity index (χ0v) is 17.8. The van der Waals surface area contributed by atoms with Crippen molar-refractivity contribution in [1.29, 1.82) is 0 Å². The van der Waals surface area contributed by atoms with Crippen LogP contribution in [0.1, 0.15) is 36.5 Å². The molecule has 1 N–H and O–H groups in total. The number of para-hydroxylation sites is 1. The van der Waals surface area contributed by atoms with Crippen molar-refractivity contribution in [1.82, 2.24) is 9.73 Å². The normalized spacial score (nSPS) is 17.6. The van der Waals surface area contributed by atoms with Gasteiger partial charge < -0.3 is 4.74 Å². The van der Waals surface area contributed by atoms with E-state index in [9.17, 15) is 13.2 Å². The van der Waals surface area contributed by atoms with Gasteiger partial charge in [0, 0.05) is 25.2 Å². The van der Waals surface area contributed by atoms with Gasteiger partial charge in [-0.15, -0.1) is 0 Å². The van der Waals surface area contributed by atoms with E-state index in [0.717, 1.165) is 24.9 Å². The van der Waals surface area contributed by atoms with Gasteiger partial charge in [0.25, 0.3) is 5.91 Å². The molecule has 7 nitrogen and oxygen atoms in total. The molecule has 1 heterocycles. The second kappa shape index (κ2) is 8.84. The summed E-state index contributed by atoms with van der Waals surface area (Å²) in [6.07, 6.45) is 2.66. The first-order chi connectivity index (χ1) is 13.8. The maximum atomic E-state index is 13.3. The summed E-state index contributed by atoms with van der Waals surface area (Å²) in [7, 11) is -0.622. The Hall–Kier alpha value is -2.58. The molecule has 0 saturated carbocycles. The average molecular weight is 418 g/mol. The topological polar surface area (TPSA) is 79.0 Å². The van der Waals surface area contributed by atoms with Gasteiger partial charge in [0.05, 0.1) is 12.8 Å². The van der Waals surface area contributed by atoms with Crippen LogP contribution in [-0.4, -0.2) is 45.4 Å². The second-order valence-corrected chi connectivity index (χ2v) is 9.02. The molecule has 3 rings (SSSR count). The number of hydrogen-bond donors (Lipinski definition) is 1. The van der Waals surface area contributed by atoms with Crippen LogP contribution in [0.15, 0.2) is 53.4 Å². The van der Waals surface area contributed by atoms with Crippen LogP contribution >= 0.6 is 0 Å². The average Bonchev–Trinajstić information content (AvgIpc) is 2.74. The molecule has 0 aliphatic carbocycles. The summed E-state index contributed by atoms with van der Waals surface area (Å²) >= 11 is 0. The van der Waals surface area contributed by atoms with Gasteiger partial charge in [-0.3, -0.25) is 15.2 Å². The predicted octanol–water partition coefficient (Wildman–Crippen LogP) is 3.04. The molecule has 1 aliphatic rings. The first-order valence-electron chi connectivity index (χ1n) is 9.64. The molecule has 0 unspecified atom stereocenters. The summed E-state index contributed by atoms with van der Waals surface area (Å²) in [6, 6.07) is 13.8. The lowest BCUT2D eigenvalue weighted by molar-refractivity contribution is 0.0951. The van der Waals surface area contributed by atoms with E-state index in [2.05, 4.69) is 5.43 Å². The van der Waals surface area contributed by atoms with Crippen molar-refractivity contribution < 1.29 is 17.9 Å². The zero-order valence-electron chi connectivity index (χ0n) is 17.0. The summed E-state index contributed by atoms with van der Waals surface area (Å²) in [5.41, 5.74) is 3.82. The SMILES string of the molecule is COc1ccc(C(=O)NN(C)c2ccccc2)cc1S(=O)(=O)N1CCCC[C@@H]1C. The number of amides is 1. The van der Waals surface area contributed by atoms with Gasteiger partial charge in [-0.2, -0.15) is 4.31 Å². The van der Waals surface area contributed by atoms with Gasteiger partial charge in [0.2, 0.25) is 10.0 Å². The van der Waals surface area contributed by atoms with Crippen LogP contribution in [0.3, 0.4) is 0 Å². The molecule has 1 amide bonds. The molecular weight excluding hydrogens is 390 g/mol. The van der Waals surface area contributed by atoms with Crippen molar-refractivity contribution >= 4 is 21.6 Å². The van der Waals surface area contributed by atoms with Crippen molar-refractivity contribution in [2.24, 2.45) is 0 Å². The number of methoxy groups -OCH3 is 1. The number of anilines is 1. The van der Waals surface area contributed by atoms with Gasteiger partial charge in [-0.05, 0) is 50.1 Å². The zero-order chi connectivity index (χ0) is 21.0. The largest absolute Gasteiger partial charge is 0.495 e. The van der Waals surface area contributed by atoms with Crippen LogP contribution < -0.4 is 15.2 Å². The van der Waals surface area contributed by atoms with Gasteiger partial charge in [0.1, 0.15) is 10.6 Å². The molecule has 2 aromatic carbocycles. The number of nitrogens with one attached hydrogen (secondary N) is 1. The Morgan fingerprint density at radius 2 is 1.90 bits per heavy atom. The van der Waals surface area contributed by atoms with Gasteiger partial charge in [0.15, 0.2) is 0 Å². The third kappa shape index (κ3) is 4.54. The molecule has 0 aromatic heterocycles. The Morgan fingerprint density at radius 3 is 2.55 bits per heavy atom. The molecule has 1 fully saturated rings. The molecular formula is C21H27N3O4S. The number of sulfonamides is 1. The molecule has 0 radical (unpaired) electrons. The highest BCUT2D eigenvalue weighted by molar-refractivity contribution is 7.89. The number of hydrazine groups is 1. The van der Waals surface area contributed by atoms with Crippen LogP contribution in [0.2, 0.25) is 0 Å². The quantitative estimate of drug-likeness (QED) is 0.731. The Bertz CT molecular complexity index is 963. The van der Waals surface area contributed by atoms with Crippen molar-refractivity contribution in [3.63, 3.8) is 0 Å². The van der Waals surface area contributed by atoms with Crippen LogP contribution in [0, 0.1) is 0 Å². The number of piperidine rings is 1.